The van der Waals surface area contributed by atoms with Crippen LogP contribution in [0, 0.1) is 0 Å². The van der Waals surface area contributed by atoms with Gasteiger partial charge in [0.2, 0.25) is 0 Å². The Morgan fingerprint density at radius 2 is 1.90 bits per heavy atom. The van der Waals surface area contributed by atoms with Crippen LogP contribution in [-0.4, -0.2) is 12.5 Å². The molecule has 3 heteroatoms. The maximum absolute atomic E-state index is 12.1. The number of nitrogens with two attached hydrogens (primary N) is 1. The van der Waals surface area contributed by atoms with E-state index < -0.39 is 0 Å². The third-order valence-corrected chi connectivity index (χ3v) is 3.15. The minimum atomic E-state index is -0.305. The van der Waals surface area contributed by atoms with Crippen LogP contribution in [0.1, 0.15) is 34.5 Å². The molecule has 104 valence electrons. The van der Waals surface area contributed by atoms with E-state index in [2.05, 4.69) is 0 Å². The Kier molecular flexibility index (Phi) is 4.91. The van der Waals surface area contributed by atoms with Crippen LogP contribution in [-0.2, 0) is 11.2 Å². The smallest absolute Gasteiger partial charge is 0.338 e. The molecule has 0 bridgehead atoms. The standard InChI is InChI=1S/C17H19NO2/c1-13(15-7-3-2-4-8-15)20-17(19)16-9-5-6-14(12-16)10-11-18/h2-9,12-13H,10-11,18H2,1H3. The van der Waals surface area contributed by atoms with Crippen LogP contribution < -0.4 is 5.73 Å². The van der Waals surface area contributed by atoms with E-state index in [-0.39, 0.29) is 12.1 Å². The van der Waals surface area contributed by atoms with Crippen LogP contribution in [0.25, 0.3) is 0 Å². The number of benzene rings is 2. The Bertz CT molecular complexity index is 566. The predicted octanol–water partition coefficient (Wildman–Crippen LogP) is 3.11. The van der Waals surface area contributed by atoms with E-state index >= 15 is 0 Å². The van der Waals surface area contributed by atoms with Crippen molar-refractivity contribution < 1.29 is 9.53 Å². The van der Waals surface area contributed by atoms with Crippen molar-refractivity contribution in [3.05, 3.63) is 71.3 Å². The van der Waals surface area contributed by atoms with Crippen LogP contribution >= 0.6 is 0 Å². The normalized spacial score (nSPS) is 11.9. The second-order valence-electron chi connectivity index (χ2n) is 4.70. The van der Waals surface area contributed by atoms with Gasteiger partial charge in [-0.1, -0.05) is 42.5 Å². The van der Waals surface area contributed by atoms with E-state index in [0.717, 1.165) is 17.5 Å². The first kappa shape index (κ1) is 14.3. The summed E-state index contributed by atoms with van der Waals surface area (Å²) in [6.07, 6.45) is 0.497. The van der Waals surface area contributed by atoms with Crippen molar-refractivity contribution in [2.75, 3.05) is 6.54 Å². The molecule has 0 saturated heterocycles. The van der Waals surface area contributed by atoms with Gasteiger partial charge in [0.05, 0.1) is 5.56 Å². The molecule has 0 radical (unpaired) electrons. The largest absolute Gasteiger partial charge is 0.454 e. The summed E-state index contributed by atoms with van der Waals surface area (Å²) < 4.78 is 5.49. The zero-order valence-corrected chi connectivity index (χ0v) is 11.6. The summed E-state index contributed by atoms with van der Waals surface area (Å²) in [5, 5.41) is 0. The molecule has 0 aliphatic rings. The molecule has 2 aromatic rings. The molecule has 0 saturated carbocycles. The Morgan fingerprint density at radius 3 is 2.60 bits per heavy atom. The highest BCUT2D eigenvalue weighted by Gasteiger charge is 2.13. The SMILES string of the molecule is CC(OC(=O)c1cccc(CCN)c1)c1ccccc1. The summed E-state index contributed by atoms with van der Waals surface area (Å²) in [5.41, 5.74) is 8.13. The average molecular weight is 269 g/mol. The van der Waals surface area contributed by atoms with E-state index in [4.69, 9.17) is 10.5 Å². The monoisotopic (exact) mass is 269 g/mol. The highest BCUT2D eigenvalue weighted by molar-refractivity contribution is 5.89. The molecule has 0 fully saturated rings. The molecule has 0 heterocycles. The van der Waals surface area contributed by atoms with Crippen molar-refractivity contribution >= 4 is 5.97 Å². The van der Waals surface area contributed by atoms with Gasteiger partial charge in [0.15, 0.2) is 0 Å². The second kappa shape index (κ2) is 6.87. The first-order valence-electron chi connectivity index (χ1n) is 6.75. The molecule has 2 aromatic carbocycles. The summed E-state index contributed by atoms with van der Waals surface area (Å²) in [5.74, 6) is -0.305. The number of hydrogen-bond donors (Lipinski definition) is 1. The van der Waals surface area contributed by atoms with Gasteiger partial charge in [0.1, 0.15) is 6.10 Å². The van der Waals surface area contributed by atoms with Gasteiger partial charge in [-0.2, -0.15) is 0 Å². The highest BCUT2D eigenvalue weighted by Crippen LogP contribution is 2.18. The maximum Gasteiger partial charge on any atom is 0.338 e. The Labute approximate surface area is 119 Å². The van der Waals surface area contributed by atoms with Gasteiger partial charge < -0.3 is 10.5 Å². The minimum absolute atomic E-state index is 0.262. The van der Waals surface area contributed by atoms with Crippen LogP contribution in [0.3, 0.4) is 0 Å². The minimum Gasteiger partial charge on any atom is -0.454 e. The fourth-order valence-corrected chi connectivity index (χ4v) is 2.04. The molecular weight excluding hydrogens is 250 g/mol. The summed E-state index contributed by atoms with van der Waals surface area (Å²) in [6, 6.07) is 17.1. The zero-order valence-electron chi connectivity index (χ0n) is 11.6. The van der Waals surface area contributed by atoms with Crippen LogP contribution in [0.15, 0.2) is 54.6 Å². The van der Waals surface area contributed by atoms with Crippen molar-refractivity contribution in [1.82, 2.24) is 0 Å². The maximum atomic E-state index is 12.1. The number of hydrogen-bond acceptors (Lipinski definition) is 3. The van der Waals surface area contributed by atoms with Gasteiger partial charge in [-0.3, -0.25) is 0 Å². The number of carbonyl (C=O) groups excluding carboxylic acids is 1. The van der Waals surface area contributed by atoms with E-state index in [1.165, 1.54) is 0 Å². The van der Waals surface area contributed by atoms with Crippen LogP contribution in [0.5, 0.6) is 0 Å². The third-order valence-electron chi connectivity index (χ3n) is 3.15. The molecule has 2 rings (SSSR count). The van der Waals surface area contributed by atoms with Crippen LogP contribution in [0.4, 0.5) is 0 Å². The summed E-state index contributed by atoms with van der Waals surface area (Å²) in [4.78, 5) is 12.1. The van der Waals surface area contributed by atoms with E-state index in [0.29, 0.717) is 12.1 Å². The van der Waals surface area contributed by atoms with Gasteiger partial charge in [0, 0.05) is 0 Å². The van der Waals surface area contributed by atoms with E-state index in [9.17, 15) is 4.79 Å². The number of esters is 1. The van der Waals surface area contributed by atoms with Crippen molar-refractivity contribution in [2.45, 2.75) is 19.4 Å². The van der Waals surface area contributed by atoms with Gasteiger partial charge >= 0.3 is 5.97 Å². The molecular formula is C17H19NO2. The lowest BCUT2D eigenvalue weighted by molar-refractivity contribution is 0.0338. The van der Waals surface area contributed by atoms with Gasteiger partial charge in [-0.25, -0.2) is 4.79 Å². The van der Waals surface area contributed by atoms with Crippen molar-refractivity contribution in [2.24, 2.45) is 5.73 Å². The first-order chi connectivity index (χ1) is 9.70. The molecule has 1 atom stereocenters. The summed E-state index contributed by atoms with van der Waals surface area (Å²) in [7, 11) is 0. The highest BCUT2D eigenvalue weighted by atomic mass is 16.5. The summed E-state index contributed by atoms with van der Waals surface area (Å²) >= 11 is 0. The van der Waals surface area contributed by atoms with Gasteiger partial charge in [-0.15, -0.1) is 0 Å². The number of ether oxygens (including phenoxy) is 1. The fraction of sp³-hybridized carbons (Fsp3) is 0.235. The molecule has 20 heavy (non-hydrogen) atoms. The average Bonchev–Trinajstić information content (AvgIpc) is 2.48. The Balaban J connectivity index is 2.06. The van der Waals surface area contributed by atoms with E-state index in [1.807, 2.05) is 55.5 Å². The molecule has 2 N–H and O–H groups in total. The van der Waals surface area contributed by atoms with Gasteiger partial charge in [0.25, 0.3) is 0 Å². The zero-order chi connectivity index (χ0) is 14.4. The Hall–Kier alpha value is -2.13. The van der Waals surface area contributed by atoms with Gasteiger partial charge in [-0.05, 0) is 43.1 Å². The molecule has 0 spiro atoms. The van der Waals surface area contributed by atoms with Crippen molar-refractivity contribution in [3.63, 3.8) is 0 Å². The number of carbonyl (C=O) groups is 1. The molecule has 0 aliphatic heterocycles. The second-order valence-corrected chi connectivity index (χ2v) is 4.70. The Morgan fingerprint density at radius 1 is 1.15 bits per heavy atom. The van der Waals surface area contributed by atoms with Crippen molar-refractivity contribution in [3.8, 4) is 0 Å². The molecule has 0 aromatic heterocycles. The predicted molar refractivity (Wildman–Crippen MR) is 79.5 cm³/mol. The topological polar surface area (TPSA) is 52.3 Å². The lowest BCUT2D eigenvalue weighted by Gasteiger charge is -2.14. The fourth-order valence-electron chi connectivity index (χ4n) is 2.04. The van der Waals surface area contributed by atoms with E-state index in [1.54, 1.807) is 6.07 Å². The number of rotatable bonds is 5. The van der Waals surface area contributed by atoms with Crippen molar-refractivity contribution in [1.29, 1.82) is 0 Å². The summed E-state index contributed by atoms with van der Waals surface area (Å²) in [6.45, 7) is 2.44. The first-order valence-corrected chi connectivity index (χ1v) is 6.75. The lowest BCUT2D eigenvalue weighted by Crippen LogP contribution is -2.10. The molecule has 1 unspecified atom stereocenters. The molecule has 0 aliphatic carbocycles. The lowest BCUT2D eigenvalue weighted by atomic mass is 10.1. The van der Waals surface area contributed by atoms with Crippen LogP contribution in [0.2, 0.25) is 0 Å². The quantitative estimate of drug-likeness (QED) is 0.848. The molecule has 3 nitrogen and oxygen atoms in total. The third kappa shape index (κ3) is 3.68. The molecule has 0 amide bonds.